The average Bonchev–Trinajstić information content (AvgIpc) is 2.75. The monoisotopic (exact) mass is 282 g/mol. The Balaban J connectivity index is 2.06. The number of para-hydroxylation sites is 1. The van der Waals surface area contributed by atoms with Gasteiger partial charge < -0.3 is 0 Å². The van der Waals surface area contributed by atoms with Gasteiger partial charge in [0, 0.05) is 6.20 Å². The summed E-state index contributed by atoms with van der Waals surface area (Å²) in [7, 11) is 0. The maximum Gasteiger partial charge on any atom is 0.121 e. The summed E-state index contributed by atoms with van der Waals surface area (Å²) in [6.07, 6.45) is 4.55. The number of hydrazine groups is 1. The minimum absolute atomic E-state index is 0.504. The Kier molecular flexibility index (Phi) is 2.66. The first-order chi connectivity index (χ1) is 8.68. The second-order valence-corrected chi connectivity index (χ2v) is 4.50. The van der Waals surface area contributed by atoms with Crippen LogP contribution in [0.5, 0.6) is 0 Å². The van der Waals surface area contributed by atoms with Gasteiger partial charge in [-0.3, -0.25) is 10.6 Å². The molecule has 0 fully saturated rings. The molecule has 2 N–H and O–H groups in total. The van der Waals surface area contributed by atoms with Gasteiger partial charge >= 0.3 is 0 Å². The quantitative estimate of drug-likeness (QED) is 0.832. The third kappa shape index (κ3) is 1.64. The summed E-state index contributed by atoms with van der Waals surface area (Å²) in [5, 5.41) is 13.2. The number of hydrogen-bond acceptors (Lipinski definition) is 5. The molecule has 5 nitrogen and oxygen atoms in total. The molecule has 0 bridgehead atoms. The van der Waals surface area contributed by atoms with Crippen LogP contribution in [0.25, 0.3) is 0 Å². The average molecular weight is 283 g/mol. The summed E-state index contributed by atoms with van der Waals surface area (Å²) in [5.41, 5.74) is 4.83. The molecule has 0 saturated carbocycles. The predicted octanol–water partition coefficient (Wildman–Crippen LogP) is 2.73. The van der Waals surface area contributed by atoms with Crippen molar-refractivity contribution in [2.75, 3.05) is 5.01 Å². The van der Waals surface area contributed by atoms with Crippen LogP contribution in [0.15, 0.2) is 47.0 Å². The van der Waals surface area contributed by atoms with Crippen molar-refractivity contribution in [3.63, 3.8) is 0 Å². The van der Waals surface area contributed by atoms with Gasteiger partial charge in [-0.05, 0) is 12.1 Å². The predicted molar refractivity (Wildman–Crippen MR) is 70.4 cm³/mol. The Morgan fingerprint density at radius 2 is 1.89 bits per heavy atom. The Hall–Kier alpha value is -1.69. The number of rotatable bonds is 1. The second-order valence-electron chi connectivity index (χ2n) is 3.69. The topological polar surface area (TPSA) is 51.1 Å². The maximum atomic E-state index is 9.62. The summed E-state index contributed by atoms with van der Waals surface area (Å²) in [5.74, 6) is 0. The Morgan fingerprint density at radius 3 is 2.61 bits per heavy atom. The van der Waals surface area contributed by atoms with Gasteiger partial charge in [0.15, 0.2) is 0 Å². The van der Waals surface area contributed by atoms with Crippen LogP contribution in [0.2, 0.25) is 10.0 Å². The minimum Gasteiger partial charge on any atom is -0.299 e. The van der Waals surface area contributed by atoms with E-state index in [4.69, 9.17) is 23.2 Å². The van der Waals surface area contributed by atoms with Gasteiger partial charge in [-0.2, -0.15) is 0 Å². The number of halogens is 2. The molecule has 92 valence electrons. The summed E-state index contributed by atoms with van der Waals surface area (Å²) >= 11 is 12.3. The van der Waals surface area contributed by atoms with Crippen LogP contribution in [0.3, 0.4) is 0 Å². The minimum atomic E-state index is 0.504. The molecule has 2 aliphatic heterocycles. The SMILES string of the molecule is ON1C=NC=C2C1=CNN2c1c(Cl)cccc1Cl. The number of nitrogens with one attached hydrogen (secondary N) is 1. The maximum absolute atomic E-state index is 9.62. The molecule has 0 radical (unpaired) electrons. The van der Waals surface area contributed by atoms with E-state index >= 15 is 0 Å². The first-order valence-electron chi connectivity index (χ1n) is 5.11. The van der Waals surface area contributed by atoms with Crippen LogP contribution in [-0.4, -0.2) is 16.6 Å². The van der Waals surface area contributed by atoms with Crippen molar-refractivity contribution in [2.24, 2.45) is 4.99 Å². The highest BCUT2D eigenvalue weighted by atomic mass is 35.5. The summed E-state index contributed by atoms with van der Waals surface area (Å²) < 4.78 is 0. The summed E-state index contributed by atoms with van der Waals surface area (Å²) in [4.78, 5) is 3.92. The largest absolute Gasteiger partial charge is 0.299 e. The molecule has 7 heteroatoms. The Labute approximate surface area is 113 Å². The van der Waals surface area contributed by atoms with Crippen molar-refractivity contribution in [1.82, 2.24) is 10.5 Å². The van der Waals surface area contributed by atoms with Crippen molar-refractivity contribution in [1.29, 1.82) is 0 Å². The lowest BCUT2D eigenvalue weighted by molar-refractivity contribution is 0.0309. The lowest BCUT2D eigenvalue weighted by atomic mass is 10.2. The number of anilines is 1. The number of fused-ring (bicyclic) bond motifs is 1. The van der Waals surface area contributed by atoms with Gasteiger partial charge in [-0.1, -0.05) is 29.3 Å². The molecule has 1 aromatic rings. The van der Waals surface area contributed by atoms with Gasteiger partial charge in [0.05, 0.1) is 16.2 Å². The van der Waals surface area contributed by atoms with Crippen molar-refractivity contribution in [3.8, 4) is 0 Å². The van der Waals surface area contributed by atoms with E-state index in [-0.39, 0.29) is 0 Å². The van der Waals surface area contributed by atoms with E-state index in [2.05, 4.69) is 10.4 Å². The fourth-order valence-corrected chi connectivity index (χ4v) is 2.37. The van der Waals surface area contributed by atoms with Crippen molar-refractivity contribution >= 4 is 35.2 Å². The third-order valence-electron chi connectivity index (χ3n) is 2.61. The smallest absolute Gasteiger partial charge is 0.121 e. The van der Waals surface area contributed by atoms with Gasteiger partial charge in [0.1, 0.15) is 23.4 Å². The van der Waals surface area contributed by atoms with Crippen molar-refractivity contribution in [2.45, 2.75) is 0 Å². The molecular formula is C11H8Cl2N4O. The van der Waals surface area contributed by atoms with Crippen LogP contribution < -0.4 is 10.4 Å². The van der Waals surface area contributed by atoms with E-state index in [0.29, 0.717) is 27.1 Å². The molecule has 2 heterocycles. The first-order valence-corrected chi connectivity index (χ1v) is 5.86. The highest BCUT2D eigenvalue weighted by Gasteiger charge is 2.29. The van der Waals surface area contributed by atoms with Crippen molar-refractivity contribution in [3.05, 3.63) is 52.0 Å². The van der Waals surface area contributed by atoms with Gasteiger partial charge in [-0.25, -0.2) is 15.1 Å². The van der Waals surface area contributed by atoms with E-state index in [1.807, 2.05) is 0 Å². The number of benzene rings is 1. The molecular weight excluding hydrogens is 275 g/mol. The number of hydrogen-bond donors (Lipinski definition) is 2. The molecule has 18 heavy (non-hydrogen) atoms. The normalized spacial score (nSPS) is 17.3. The van der Waals surface area contributed by atoms with E-state index < -0.39 is 0 Å². The highest BCUT2D eigenvalue weighted by molar-refractivity contribution is 6.39. The number of nitrogens with zero attached hydrogens (tertiary/aromatic N) is 3. The van der Waals surface area contributed by atoms with Crippen LogP contribution in [-0.2, 0) is 0 Å². The zero-order valence-corrected chi connectivity index (χ0v) is 10.5. The highest BCUT2D eigenvalue weighted by Crippen LogP contribution is 2.38. The van der Waals surface area contributed by atoms with Gasteiger partial charge in [0.2, 0.25) is 0 Å². The Bertz CT molecular complexity index is 576. The van der Waals surface area contributed by atoms with Crippen LogP contribution >= 0.6 is 23.2 Å². The van der Waals surface area contributed by atoms with E-state index in [0.717, 1.165) is 5.06 Å². The van der Waals surface area contributed by atoms with Crippen LogP contribution in [0.1, 0.15) is 0 Å². The molecule has 1 aromatic carbocycles. The van der Waals surface area contributed by atoms with Crippen molar-refractivity contribution < 1.29 is 5.21 Å². The Morgan fingerprint density at radius 1 is 1.17 bits per heavy atom. The molecule has 0 unspecified atom stereocenters. The van der Waals surface area contributed by atoms with E-state index in [1.165, 1.54) is 6.34 Å². The lowest BCUT2D eigenvalue weighted by Crippen LogP contribution is -2.31. The fraction of sp³-hybridized carbons (Fsp3) is 0. The third-order valence-corrected chi connectivity index (χ3v) is 3.22. The molecule has 0 saturated heterocycles. The molecule has 0 spiro atoms. The second kappa shape index (κ2) is 4.20. The summed E-state index contributed by atoms with van der Waals surface area (Å²) in [6.45, 7) is 0. The fourth-order valence-electron chi connectivity index (χ4n) is 1.81. The lowest BCUT2D eigenvalue weighted by Gasteiger charge is -2.25. The molecule has 0 aromatic heterocycles. The van der Waals surface area contributed by atoms with E-state index in [1.54, 1.807) is 35.6 Å². The standard InChI is InChI=1S/C11H8Cl2N4O/c12-7-2-1-3-8(13)11(7)17-10-4-14-6-16(18)9(10)5-15-17/h1-6,15,18H. The van der Waals surface area contributed by atoms with E-state index in [9.17, 15) is 5.21 Å². The number of hydroxylamine groups is 2. The van der Waals surface area contributed by atoms with Gasteiger partial charge in [-0.15, -0.1) is 0 Å². The van der Waals surface area contributed by atoms with Crippen LogP contribution in [0, 0.1) is 0 Å². The van der Waals surface area contributed by atoms with Gasteiger partial charge in [0.25, 0.3) is 0 Å². The molecule has 0 atom stereocenters. The molecule has 0 amide bonds. The number of aliphatic imine (C=N–C) groups is 1. The zero-order chi connectivity index (χ0) is 12.7. The van der Waals surface area contributed by atoms with Crippen LogP contribution in [0.4, 0.5) is 5.69 Å². The summed E-state index contributed by atoms with van der Waals surface area (Å²) in [6, 6.07) is 5.25. The first kappa shape index (κ1) is 11.4. The molecule has 0 aliphatic carbocycles. The molecule has 2 aliphatic rings. The zero-order valence-electron chi connectivity index (χ0n) is 9.01. The molecule has 3 rings (SSSR count).